The van der Waals surface area contributed by atoms with Crippen LogP contribution in [-0.2, 0) is 16.1 Å². The zero-order valence-electron chi connectivity index (χ0n) is 16.1. The minimum atomic E-state index is -0.289. The molecule has 0 radical (unpaired) electrons. The van der Waals surface area contributed by atoms with Gasteiger partial charge in [0.1, 0.15) is 0 Å². The molecule has 0 fully saturated rings. The number of aryl methyl sites for hydroxylation is 2. The molecule has 1 aromatic heterocycles. The Morgan fingerprint density at radius 2 is 1.65 bits per heavy atom. The van der Waals surface area contributed by atoms with Gasteiger partial charge in [0.05, 0.1) is 6.61 Å². The molecular weight excluding hydrogens is 348 g/mol. The van der Waals surface area contributed by atoms with Gasteiger partial charge in [-0.3, -0.25) is 9.78 Å². The van der Waals surface area contributed by atoms with E-state index in [0.717, 1.165) is 25.8 Å². The highest BCUT2D eigenvalue weighted by molar-refractivity contribution is 7.71. The Kier molecular flexibility index (Phi) is 10.9. The molecule has 0 aliphatic rings. The van der Waals surface area contributed by atoms with Crippen molar-refractivity contribution in [2.75, 3.05) is 6.61 Å². The summed E-state index contributed by atoms with van der Waals surface area (Å²) < 4.78 is 7.53. The first-order chi connectivity index (χ1) is 12.4. The van der Waals surface area contributed by atoms with Gasteiger partial charge in [0.2, 0.25) is 0 Å². The van der Waals surface area contributed by atoms with Gasteiger partial charge in [-0.05, 0) is 38.9 Å². The van der Waals surface area contributed by atoms with Gasteiger partial charge in [-0.1, -0.05) is 51.5 Å². The van der Waals surface area contributed by atoms with Crippen molar-refractivity contribution >= 4 is 18.2 Å². The van der Waals surface area contributed by atoms with Gasteiger partial charge in [0.15, 0.2) is 4.77 Å². The highest BCUT2D eigenvalue weighted by Gasteiger charge is 2.02. The fourth-order valence-electron chi connectivity index (χ4n) is 2.69. The highest BCUT2D eigenvalue weighted by Crippen LogP contribution is 2.10. The summed E-state index contributed by atoms with van der Waals surface area (Å²) in [6.07, 6.45) is 12.3. The quantitative estimate of drug-likeness (QED) is 0.230. The molecule has 0 aliphatic carbocycles. The fraction of sp³-hybridized carbons (Fsp3) is 0.650. The van der Waals surface area contributed by atoms with Crippen molar-refractivity contribution in [2.24, 2.45) is 0 Å². The lowest BCUT2D eigenvalue weighted by Crippen LogP contribution is -2.15. The van der Waals surface area contributed by atoms with Crippen LogP contribution in [0.4, 0.5) is 0 Å². The summed E-state index contributed by atoms with van der Waals surface area (Å²) in [6, 6.07) is 0. The number of carbonyl (C=O) groups excluding carboxylic acids is 1. The van der Waals surface area contributed by atoms with E-state index in [-0.39, 0.29) is 11.5 Å². The van der Waals surface area contributed by atoms with E-state index < -0.39 is 0 Å². The number of rotatable bonds is 13. The van der Waals surface area contributed by atoms with Crippen LogP contribution in [0, 0.1) is 11.7 Å². The monoisotopic (exact) mass is 380 g/mol. The summed E-state index contributed by atoms with van der Waals surface area (Å²) in [5.74, 6) is -0.289. The lowest BCUT2D eigenvalue weighted by atomic mass is 10.1. The first-order valence-corrected chi connectivity index (χ1v) is 9.95. The molecule has 6 heteroatoms. The number of unbranched alkanes of at least 4 members (excludes halogenated alkanes) is 8. The number of aromatic nitrogens is 2. The molecule has 1 aromatic rings. The van der Waals surface area contributed by atoms with Crippen LogP contribution in [0.5, 0.6) is 0 Å². The molecule has 0 atom stereocenters. The van der Waals surface area contributed by atoms with Gasteiger partial charge in [-0.25, -0.2) is 4.79 Å². The van der Waals surface area contributed by atoms with E-state index in [4.69, 9.17) is 17.0 Å². The zero-order chi connectivity index (χ0) is 19.4. The Bertz CT molecular complexity index is 691. The van der Waals surface area contributed by atoms with E-state index in [1.165, 1.54) is 38.5 Å². The first-order valence-electron chi connectivity index (χ1n) is 9.55. The predicted octanol–water partition coefficient (Wildman–Crippen LogP) is 4.84. The molecule has 0 bridgehead atoms. The van der Waals surface area contributed by atoms with Gasteiger partial charge >= 0.3 is 5.97 Å². The summed E-state index contributed by atoms with van der Waals surface area (Å²) in [5.41, 5.74) is 1.07. The van der Waals surface area contributed by atoms with Gasteiger partial charge in [0, 0.05) is 23.9 Å². The summed E-state index contributed by atoms with van der Waals surface area (Å²) in [5, 5.41) is 0. The smallest absolute Gasteiger partial charge is 0.333 e. The molecule has 26 heavy (non-hydrogen) atoms. The maximum Gasteiger partial charge on any atom is 0.333 e. The van der Waals surface area contributed by atoms with Crippen LogP contribution in [0.1, 0.15) is 70.3 Å². The standard InChI is InChI=1S/C20H32N2O3S/c1-16(2)19(24)25-14-12-10-8-6-4-5-7-9-11-13-22-15-17(3)18(23)21-20(22)26/h15H,1,4-14H2,2-3H3,(H,21,23,26). The Hall–Kier alpha value is -1.69. The summed E-state index contributed by atoms with van der Waals surface area (Å²) in [6.45, 7) is 8.38. The van der Waals surface area contributed by atoms with Crippen LogP contribution in [0.15, 0.2) is 23.1 Å². The molecular formula is C20H32N2O3S. The second-order valence-electron chi connectivity index (χ2n) is 6.86. The van der Waals surface area contributed by atoms with Crippen LogP contribution < -0.4 is 5.56 Å². The van der Waals surface area contributed by atoms with Gasteiger partial charge in [-0.15, -0.1) is 0 Å². The van der Waals surface area contributed by atoms with Crippen LogP contribution in [-0.4, -0.2) is 22.1 Å². The van der Waals surface area contributed by atoms with Crippen LogP contribution in [0.2, 0.25) is 0 Å². The number of hydrogen-bond donors (Lipinski definition) is 1. The van der Waals surface area contributed by atoms with E-state index in [2.05, 4.69) is 11.6 Å². The molecule has 0 saturated heterocycles. The molecule has 5 nitrogen and oxygen atoms in total. The van der Waals surface area contributed by atoms with Crippen molar-refractivity contribution < 1.29 is 9.53 Å². The predicted molar refractivity (Wildman–Crippen MR) is 108 cm³/mol. The highest BCUT2D eigenvalue weighted by atomic mass is 32.1. The number of nitrogens with one attached hydrogen (secondary N) is 1. The number of nitrogens with zero attached hydrogens (tertiary/aromatic N) is 1. The van der Waals surface area contributed by atoms with Gasteiger partial charge in [-0.2, -0.15) is 0 Å². The molecule has 1 N–H and O–H groups in total. The Morgan fingerprint density at radius 1 is 1.12 bits per heavy atom. The third-order valence-electron chi connectivity index (χ3n) is 4.31. The number of H-pyrrole nitrogens is 1. The Labute approximate surface area is 161 Å². The van der Waals surface area contributed by atoms with E-state index in [0.29, 0.717) is 22.5 Å². The minimum absolute atomic E-state index is 0.0970. The van der Waals surface area contributed by atoms with E-state index >= 15 is 0 Å². The van der Waals surface area contributed by atoms with Crippen LogP contribution in [0.3, 0.4) is 0 Å². The van der Waals surface area contributed by atoms with Crippen molar-refractivity contribution in [2.45, 2.75) is 78.2 Å². The Balaban J connectivity index is 1.96. The van der Waals surface area contributed by atoms with Crippen molar-refractivity contribution in [1.82, 2.24) is 9.55 Å². The third-order valence-corrected chi connectivity index (χ3v) is 4.65. The topological polar surface area (TPSA) is 64.1 Å². The minimum Gasteiger partial charge on any atom is -0.462 e. The third kappa shape index (κ3) is 9.13. The fourth-order valence-corrected chi connectivity index (χ4v) is 2.93. The van der Waals surface area contributed by atoms with E-state index in [9.17, 15) is 9.59 Å². The van der Waals surface area contributed by atoms with Crippen molar-refractivity contribution in [3.63, 3.8) is 0 Å². The van der Waals surface area contributed by atoms with Crippen LogP contribution in [0.25, 0.3) is 0 Å². The lowest BCUT2D eigenvalue weighted by Gasteiger charge is -2.07. The molecule has 0 aliphatic heterocycles. The molecule has 1 rings (SSSR count). The van der Waals surface area contributed by atoms with Crippen molar-refractivity contribution in [3.05, 3.63) is 39.0 Å². The summed E-state index contributed by atoms with van der Waals surface area (Å²) in [7, 11) is 0. The molecule has 0 spiro atoms. The van der Waals surface area contributed by atoms with E-state index in [1.54, 1.807) is 13.8 Å². The SMILES string of the molecule is C=C(C)C(=O)OCCCCCCCCCCCn1cc(C)c(=O)[nH]c1=S. The number of aromatic amines is 1. The molecule has 0 saturated carbocycles. The Morgan fingerprint density at radius 3 is 2.23 bits per heavy atom. The first kappa shape index (κ1) is 22.4. The maximum atomic E-state index is 11.4. The molecule has 0 aromatic carbocycles. The van der Waals surface area contributed by atoms with Gasteiger partial charge < -0.3 is 9.30 Å². The summed E-state index contributed by atoms with van der Waals surface area (Å²) >= 11 is 5.18. The van der Waals surface area contributed by atoms with Crippen molar-refractivity contribution in [3.8, 4) is 0 Å². The summed E-state index contributed by atoms with van der Waals surface area (Å²) in [4.78, 5) is 25.3. The molecule has 0 unspecified atom stereocenters. The average molecular weight is 381 g/mol. The average Bonchev–Trinajstić information content (AvgIpc) is 2.59. The second-order valence-corrected chi connectivity index (χ2v) is 7.25. The van der Waals surface area contributed by atoms with Gasteiger partial charge in [0.25, 0.3) is 5.56 Å². The zero-order valence-corrected chi connectivity index (χ0v) is 17.0. The van der Waals surface area contributed by atoms with Crippen molar-refractivity contribution in [1.29, 1.82) is 0 Å². The number of ether oxygens (including phenoxy) is 1. The second kappa shape index (κ2) is 12.6. The number of hydrogen-bond acceptors (Lipinski definition) is 4. The van der Waals surface area contributed by atoms with E-state index in [1.807, 2.05) is 10.8 Å². The largest absolute Gasteiger partial charge is 0.462 e. The maximum absolute atomic E-state index is 11.4. The molecule has 0 amide bonds. The number of carbonyl (C=O) groups is 1. The lowest BCUT2D eigenvalue weighted by molar-refractivity contribution is -0.139. The molecule has 1 heterocycles. The number of esters is 1. The van der Waals surface area contributed by atoms with Crippen LogP contribution >= 0.6 is 12.2 Å². The molecule has 146 valence electrons. The normalized spacial score (nSPS) is 10.7.